The number of aromatic nitrogens is 2. The minimum Gasteiger partial charge on any atom is -0.348 e. The van der Waals surface area contributed by atoms with E-state index in [0.717, 1.165) is 5.56 Å². The van der Waals surface area contributed by atoms with E-state index in [1.54, 1.807) is 36.6 Å². The highest BCUT2D eigenvalue weighted by Crippen LogP contribution is 2.11. The maximum absolute atomic E-state index is 12.2. The number of carbonyl (C=O) groups is 1. The largest absolute Gasteiger partial charge is 0.348 e. The molecule has 22 heavy (non-hydrogen) atoms. The number of nitrogens with one attached hydrogen (secondary N) is 2. The summed E-state index contributed by atoms with van der Waals surface area (Å²) >= 11 is 6.68. The van der Waals surface area contributed by atoms with Crippen molar-refractivity contribution in [2.45, 2.75) is 6.54 Å². The molecule has 0 atom stereocenters. The maximum Gasteiger partial charge on any atom is 0.261 e. The van der Waals surface area contributed by atoms with Gasteiger partial charge in [-0.25, -0.2) is 0 Å². The van der Waals surface area contributed by atoms with Gasteiger partial charge in [-0.3, -0.25) is 14.2 Å². The van der Waals surface area contributed by atoms with Crippen molar-refractivity contribution < 1.29 is 4.79 Å². The predicted molar refractivity (Wildman–Crippen MR) is 89.9 cm³/mol. The van der Waals surface area contributed by atoms with E-state index < -0.39 is 0 Å². The van der Waals surface area contributed by atoms with Crippen molar-refractivity contribution in [2.75, 3.05) is 0 Å². The zero-order chi connectivity index (χ0) is 15.7. The third-order valence-electron chi connectivity index (χ3n) is 3.40. The van der Waals surface area contributed by atoms with E-state index in [4.69, 9.17) is 12.2 Å². The van der Waals surface area contributed by atoms with Gasteiger partial charge in [-0.1, -0.05) is 0 Å². The summed E-state index contributed by atoms with van der Waals surface area (Å²) in [6, 6.07) is 6.90. The molecule has 2 N–H and O–H groups in total. The number of rotatable bonds is 3. The molecule has 7 heteroatoms. The lowest BCUT2D eigenvalue weighted by Crippen LogP contribution is -2.23. The summed E-state index contributed by atoms with van der Waals surface area (Å²) < 4.78 is 1.70. The first-order valence-corrected chi connectivity index (χ1v) is 7.94. The van der Waals surface area contributed by atoms with Crippen LogP contribution in [0.2, 0.25) is 0 Å². The van der Waals surface area contributed by atoms with Crippen LogP contribution in [0.4, 0.5) is 0 Å². The second-order valence-electron chi connectivity index (χ2n) is 4.87. The molecule has 0 aliphatic heterocycles. The highest BCUT2D eigenvalue weighted by Gasteiger charge is 2.09. The number of amides is 1. The number of fused-ring (bicyclic) bond motifs is 1. The number of thiophene rings is 1. The molecule has 0 spiro atoms. The van der Waals surface area contributed by atoms with E-state index >= 15 is 0 Å². The van der Waals surface area contributed by atoms with Gasteiger partial charge in [-0.15, -0.1) is 0 Å². The molecule has 0 aliphatic rings. The van der Waals surface area contributed by atoms with Gasteiger partial charge in [0.1, 0.15) is 0 Å². The van der Waals surface area contributed by atoms with E-state index in [-0.39, 0.29) is 11.5 Å². The van der Waals surface area contributed by atoms with Crippen molar-refractivity contribution in [3.05, 3.63) is 61.3 Å². The van der Waals surface area contributed by atoms with Crippen LogP contribution in [-0.2, 0) is 13.6 Å². The molecule has 5 nitrogen and oxygen atoms in total. The Morgan fingerprint density at radius 2 is 2.23 bits per heavy atom. The molecule has 2 aromatic heterocycles. The molecule has 1 aromatic carbocycles. The zero-order valence-electron chi connectivity index (χ0n) is 11.8. The summed E-state index contributed by atoms with van der Waals surface area (Å²) in [4.78, 5) is 27.2. The fourth-order valence-corrected chi connectivity index (χ4v) is 2.99. The van der Waals surface area contributed by atoms with Crippen LogP contribution < -0.4 is 10.9 Å². The van der Waals surface area contributed by atoms with Crippen molar-refractivity contribution in [3.63, 3.8) is 0 Å². The fraction of sp³-hybridized carbons (Fsp3) is 0.133. The number of aromatic amines is 1. The van der Waals surface area contributed by atoms with Gasteiger partial charge in [0.05, 0.1) is 10.9 Å². The van der Waals surface area contributed by atoms with Gasteiger partial charge in [-0.2, -0.15) is 11.3 Å². The zero-order valence-corrected chi connectivity index (χ0v) is 13.4. The summed E-state index contributed by atoms with van der Waals surface area (Å²) in [5, 5.41) is 7.31. The van der Waals surface area contributed by atoms with E-state index in [2.05, 4.69) is 10.3 Å². The molecule has 0 saturated heterocycles. The number of nitrogens with zero attached hydrogens (tertiary/aromatic N) is 1. The van der Waals surface area contributed by atoms with Crippen LogP contribution in [0.1, 0.15) is 15.9 Å². The minimum atomic E-state index is -0.187. The SMILES string of the molecule is Cn1c(=S)[nH]c2cc(C(=O)NCc3ccsc3)ccc2c1=O. The van der Waals surface area contributed by atoms with Crippen LogP contribution >= 0.6 is 23.6 Å². The molecular formula is C15H13N3O2S2. The summed E-state index contributed by atoms with van der Waals surface area (Å²) in [6.07, 6.45) is 0. The third-order valence-corrected chi connectivity index (χ3v) is 4.50. The average Bonchev–Trinajstić information content (AvgIpc) is 3.03. The van der Waals surface area contributed by atoms with Gasteiger partial charge in [0.25, 0.3) is 11.5 Å². The number of hydrogen-bond acceptors (Lipinski definition) is 4. The van der Waals surface area contributed by atoms with Gasteiger partial charge in [0.15, 0.2) is 4.77 Å². The summed E-state index contributed by atoms with van der Waals surface area (Å²) in [6.45, 7) is 0.479. The summed E-state index contributed by atoms with van der Waals surface area (Å²) in [5.74, 6) is -0.187. The molecule has 112 valence electrons. The highest BCUT2D eigenvalue weighted by molar-refractivity contribution is 7.71. The van der Waals surface area contributed by atoms with Crippen LogP contribution in [-0.4, -0.2) is 15.5 Å². The van der Waals surface area contributed by atoms with Gasteiger partial charge in [-0.05, 0) is 52.8 Å². The van der Waals surface area contributed by atoms with Crippen LogP contribution in [0.25, 0.3) is 10.9 Å². The molecule has 0 unspecified atom stereocenters. The van der Waals surface area contributed by atoms with Crippen molar-refractivity contribution >= 4 is 40.4 Å². The van der Waals surface area contributed by atoms with Crippen LogP contribution in [0.15, 0.2) is 39.8 Å². The molecule has 0 aliphatic carbocycles. The molecule has 3 rings (SSSR count). The number of benzene rings is 1. The second kappa shape index (κ2) is 5.86. The lowest BCUT2D eigenvalue weighted by atomic mass is 10.1. The van der Waals surface area contributed by atoms with Gasteiger partial charge in [0, 0.05) is 19.2 Å². The van der Waals surface area contributed by atoms with Crippen molar-refractivity contribution in [3.8, 4) is 0 Å². The number of H-pyrrole nitrogens is 1. The average molecular weight is 331 g/mol. The Morgan fingerprint density at radius 3 is 2.95 bits per heavy atom. The summed E-state index contributed by atoms with van der Waals surface area (Å²) in [7, 11) is 1.61. The molecule has 2 heterocycles. The first kappa shape index (κ1) is 14.7. The molecule has 1 amide bonds. The second-order valence-corrected chi connectivity index (χ2v) is 6.04. The standard InChI is InChI=1S/C15H13N3O2S2/c1-18-14(20)11-3-2-10(6-12(11)17-15(18)21)13(19)16-7-9-4-5-22-8-9/h2-6,8H,7H2,1H3,(H,16,19)(H,17,21). The maximum atomic E-state index is 12.2. The first-order valence-electron chi connectivity index (χ1n) is 6.58. The van der Waals surface area contributed by atoms with E-state index in [1.807, 2.05) is 16.8 Å². The van der Waals surface area contributed by atoms with Crippen molar-refractivity contribution in [2.24, 2.45) is 7.05 Å². The van der Waals surface area contributed by atoms with Crippen LogP contribution in [0.5, 0.6) is 0 Å². The Bertz CT molecular complexity index is 955. The normalized spacial score (nSPS) is 10.8. The lowest BCUT2D eigenvalue weighted by Gasteiger charge is -2.06. The molecule has 0 saturated carbocycles. The van der Waals surface area contributed by atoms with E-state index in [1.165, 1.54) is 4.57 Å². The van der Waals surface area contributed by atoms with Crippen molar-refractivity contribution in [1.82, 2.24) is 14.9 Å². The van der Waals surface area contributed by atoms with Gasteiger partial charge < -0.3 is 10.3 Å². The minimum absolute atomic E-state index is 0.177. The monoisotopic (exact) mass is 331 g/mol. The molecule has 0 fully saturated rings. The molecule has 3 aromatic rings. The fourth-order valence-electron chi connectivity index (χ4n) is 2.13. The first-order chi connectivity index (χ1) is 10.6. The van der Waals surface area contributed by atoms with E-state index in [0.29, 0.717) is 27.8 Å². The van der Waals surface area contributed by atoms with Crippen LogP contribution in [0.3, 0.4) is 0 Å². The number of carbonyl (C=O) groups excluding carboxylic acids is 1. The Morgan fingerprint density at radius 1 is 1.41 bits per heavy atom. The number of hydrogen-bond donors (Lipinski definition) is 2. The smallest absolute Gasteiger partial charge is 0.261 e. The molecule has 0 radical (unpaired) electrons. The Balaban J connectivity index is 1.91. The van der Waals surface area contributed by atoms with Gasteiger partial charge >= 0.3 is 0 Å². The van der Waals surface area contributed by atoms with Crippen molar-refractivity contribution in [1.29, 1.82) is 0 Å². The highest BCUT2D eigenvalue weighted by atomic mass is 32.1. The Labute approximate surface area is 135 Å². The third kappa shape index (κ3) is 2.72. The van der Waals surface area contributed by atoms with Crippen LogP contribution in [0, 0.1) is 4.77 Å². The quantitative estimate of drug-likeness (QED) is 0.725. The predicted octanol–water partition coefficient (Wildman–Crippen LogP) is 2.59. The summed E-state index contributed by atoms with van der Waals surface area (Å²) in [5.41, 5.74) is 1.94. The molecular weight excluding hydrogens is 318 g/mol. The van der Waals surface area contributed by atoms with Gasteiger partial charge in [0.2, 0.25) is 0 Å². The Hall–Kier alpha value is -2.25. The Kier molecular flexibility index (Phi) is 3.91. The van der Waals surface area contributed by atoms with E-state index in [9.17, 15) is 9.59 Å². The molecule has 0 bridgehead atoms. The topological polar surface area (TPSA) is 66.9 Å². The lowest BCUT2D eigenvalue weighted by molar-refractivity contribution is 0.0951.